The lowest BCUT2D eigenvalue weighted by molar-refractivity contribution is -0.123. The van der Waals surface area contributed by atoms with Crippen molar-refractivity contribution in [3.8, 4) is 0 Å². The Kier molecular flexibility index (Phi) is 3.26. The summed E-state index contributed by atoms with van der Waals surface area (Å²) in [5, 5.41) is 14.8. The van der Waals surface area contributed by atoms with Gasteiger partial charge in [-0.3, -0.25) is 4.79 Å². The van der Waals surface area contributed by atoms with Crippen molar-refractivity contribution in [2.75, 3.05) is 26.2 Å². The van der Waals surface area contributed by atoms with E-state index in [1.165, 1.54) is 0 Å². The van der Waals surface area contributed by atoms with Gasteiger partial charge in [-0.1, -0.05) is 0 Å². The molecule has 1 saturated heterocycles. The Morgan fingerprint density at radius 3 is 2.87 bits per heavy atom. The van der Waals surface area contributed by atoms with Crippen molar-refractivity contribution in [2.24, 2.45) is 11.3 Å². The van der Waals surface area contributed by atoms with Crippen molar-refractivity contribution in [1.29, 1.82) is 0 Å². The molecule has 1 heterocycles. The van der Waals surface area contributed by atoms with Crippen molar-refractivity contribution >= 4 is 5.91 Å². The quantitative estimate of drug-likeness (QED) is 0.569. The van der Waals surface area contributed by atoms with Gasteiger partial charge in [-0.2, -0.15) is 0 Å². The average Bonchev–Trinajstić information content (AvgIpc) is 2.94. The molecule has 1 aliphatic heterocycles. The molecule has 0 radical (unpaired) electrons. The summed E-state index contributed by atoms with van der Waals surface area (Å²) in [4.78, 5) is 11.7. The number of nitrogens with one attached hydrogen (secondary N) is 2. The molecular weight excluding hydrogens is 192 g/mol. The second-order valence-electron chi connectivity index (χ2n) is 4.74. The van der Waals surface area contributed by atoms with Crippen LogP contribution in [0.5, 0.6) is 0 Å². The fourth-order valence-corrected chi connectivity index (χ4v) is 2.61. The van der Waals surface area contributed by atoms with Crippen LogP contribution in [0.15, 0.2) is 0 Å². The molecule has 4 nitrogen and oxygen atoms in total. The number of aliphatic hydroxyl groups is 1. The summed E-state index contributed by atoms with van der Waals surface area (Å²) in [6.45, 7) is 2.88. The summed E-state index contributed by atoms with van der Waals surface area (Å²) < 4.78 is 0. The SMILES string of the molecule is O=C(NCCCO)C1CC12CCNCC2. The Morgan fingerprint density at radius 1 is 1.47 bits per heavy atom. The summed E-state index contributed by atoms with van der Waals surface area (Å²) in [7, 11) is 0. The van der Waals surface area contributed by atoms with Crippen LogP contribution in [0.1, 0.15) is 25.7 Å². The minimum absolute atomic E-state index is 0.153. The van der Waals surface area contributed by atoms with Gasteiger partial charge in [-0.25, -0.2) is 0 Å². The predicted octanol–water partition coefficient (Wildman–Crippen LogP) is -0.125. The third-order valence-electron chi connectivity index (χ3n) is 3.74. The molecule has 4 heteroatoms. The van der Waals surface area contributed by atoms with Crippen molar-refractivity contribution in [3.05, 3.63) is 0 Å². The van der Waals surface area contributed by atoms with Gasteiger partial charge in [0.15, 0.2) is 0 Å². The smallest absolute Gasteiger partial charge is 0.223 e. The van der Waals surface area contributed by atoms with Gasteiger partial charge >= 0.3 is 0 Å². The summed E-state index contributed by atoms with van der Waals surface area (Å²) in [6, 6.07) is 0. The van der Waals surface area contributed by atoms with E-state index < -0.39 is 0 Å². The lowest BCUT2D eigenvalue weighted by Gasteiger charge is -2.23. The zero-order chi connectivity index (χ0) is 10.7. The summed E-state index contributed by atoms with van der Waals surface area (Å²) in [5.74, 6) is 0.448. The molecule has 0 aromatic carbocycles. The molecular formula is C11H20N2O2. The Hall–Kier alpha value is -0.610. The second kappa shape index (κ2) is 4.49. The zero-order valence-corrected chi connectivity index (χ0v) is 9.09. The van der Waals surface area contributed by atoms with Crippen LogP contribution in [0.2, 0.25) is 0 Å². The maximum atomic E-state index is 11.7. The van der Waals surface area contributed by atoms with Gasteiger partial charge in [0, 0.05) is 19.1 Å². The predicted molar refractivity (Wildman–Crippen MR) is 57.4 cm³/mol. The van der Waals surface area contributed by atoms with Crippen molar-refractivity contribution < 1.29 is 9.90 Å². The van der Waals surface area contributed by atoms with Crippen molar-refractivity contribution in [3.63, 3.8) is 0 Å². The van der Waals surface area contributed by atoms with Crippen LogP contribution < -0.4 is 10.6 Å². The highest BCUT2D eigenvalue weighted by Gasteiger charge is 2.57. The summed E-state index contributed by atoms with van der Waals surface area (Å²) in [6.07, 6.45) is 4.02. The number of aliphatic hydroxyl groups excluding tert-OH is 1. The minimum atomic E-state index is 0.153. The lowest BCUT2D eigenvalue weighted by Crippen LogP contribution is -2.34. The fraction of sp³-hybridized carbons (Fsp3) is 0.909. The molecule has 15 heavy (non-hydrogen) atoms. The Balaban J connectivity index is 1.74. The third-order valence-corrected chi connectivity index (χ3v) is 3.74. The van der Waals surface area contributed by atoms with E-state index in [1.54, 1.807) is 0 Å². The number of hydrogen-bond acceptors (Lipinski definition) is 3. The van der Waals surface area contributed by atoms with Crippen LogP contribution in [-0.2, 0) is 4.79 Å². The van der Waals surface area contributed by atoms with Gasteiger partial charge in [0.1, 0.15) is 0 Å². The largest absolute Gasteiger partial charge is 0.396 e. The van der Waals surface area contributed by atoms with E-state index in [2.05, 4.69) is 10.6 Å². The first-order chi connectivity index (χ1) is 7.28. The highest BCUT2D eigenvalue weighted by atomic mass is 16.3. The van der Waals surface area contributed by atoms with Crippen LogP contribution in [0.4, 0.5) is 0 Å². The maximum absolute atomic E-state index is 11.7. The van der Waals surface area contributed by atoms with Gasteiger partial charge in [-0.05, 0) is 44.2 Å². The first kappa shape index (κ1) is 10.9. The number of carbonyl (C=O) groups excluding carboxylic acids is 1. The Bertz CT molecular complexity index is 237. The number of rotatable bonds is 4. The van der Waals surface area contributed by atoms with E-state index in [9.17, 15) is 4.79 Å². The number of piperidine rings is 1. The minimum Gasteiger partial charge on any atom is -0.396 e. The number of carbonyl (C=O) groups is 1. The standard InChI is InChI=1S/C11H20N2O2/c14-7-1-4-13-10(15)9-8-11(9)2-5-12-6-3-11/h9,12,14H,1-8H2,(H,13,15). The van der Waals surface area contributed by atoms with Crippen LogP contribution >= 0.6 is 0 Å². The third kappa shape index (κ3) is 2.32. The molecule has 0 aromatic heterocycles. The first-order valence-electron chi connectivity index (χ1n) is 5.88. The molecule has 1 spiro atoms. The Labute approximate surface area is 90.4 Å². The maximum Gasteiger partial charge on any atom is 0.223 e. The van der Waals surface area contributed by atoms with E-state index >= 15 is 0 Å². The van der Waals surface area contributed by atoms with E-state index in [1.807, 2.05) is 0 Å². The van der Waals surface area contributed by atoms with E-state index in [4.69, 9.17) is 5.11 Å². The van der Waals surface area contributed by atoms with Gasteiger partial charge in [0.2, 0.25) is 5.91 Å². The monoisotopic (exact) mass is 212 g/mol. The van der Waals surface area contributed by atoms with Crippen molar-refractivity contribution in [2.45, 2.75) is 25.7 Å². The zero-order valence-electron chi connectivity index (χ0n) is 9.09. The molecule has 0 bridgehead atoms. The molecule has 1 aliphatic carbocycles. The lowest BCUT2D eigenvalue weighted by atomic mass is 9.92. The van der Waals surface area contributed by atoms with E-state index in [0.717, 1.165) is 32.4 Å². The summed E-state index contributed by atoms with van der Waals surface area (Å²) >= 11 is 0. The summed E-state index contributed by atoms with van der Waals surface area (Å²) in [5.41, 5.74) is 0.328. The second-order valence-corrected chi connectivity index (χ2v) is 4.74. The molecule has 1 unspecified atom stereocenters. The van der Waals surface area contributed by atoms with E-state index in [0.29, 0.717) is 18.4 Å². The number of hydrogen-bond donors (Lipinski definition) is 3. The highest BCUT2D eigenvalue weighted by molar-refractivity contribution is 5.82. The Morgan fingerprint density at radius 2 is 2.20 bits per heavy atom. The molecule has 86 valence electrons. The van der Waals surface area contributed by atoms with E-state index in [-0.39, 0.29) is 18.4 Å². The molecule has 1 saturated carbocycles. The van der Waals surface area contributed by atoms with Gasteiger partial charge < -0.3 is 15.7 Å². The topological polar surface area (TPSA) is 61.4 Å². The molecule has 1 amide bonds. The van der Waals surface area contributed by atoms with Gasteiger partial charge in [-0.15, -0.1) is 0 Å². The molecule has 0 aromatic rings. The first-order valence-corrected chi connectivity index (χ1v) is 5.88. The normalized spacial score (nSPS) is 27.7. The van der Waals surface area contributed by atoms with Gasteiger partial charge in [0.05, 0.1) is 0 Å². The average molecular weight is 212 g/mol. The number of amides is 1. The molecule has 3 N–H and O–H groups in total. The van der Waals surface area contributed by atoms with Crippen LogP contribution in [-0.4, -0.2) is 37.3 Å². The van der Waals surface area contributed by atoms with Crippen molar-refractivity contribution in [1.82, 2.24) is 10.6 Å². The van der Waals surface area contributed by atoms with Crippen LogP contribution in [0.25, 0.3) is 0 Å². The highest BCUT2D eigenvalue weighted by Crippen LogP contribution is 2.58. The molecule has 1 atom stereocenters. The van der Waals surface area contributed by atoms with Gasteiger partial charge in [0.25, 0.3) is 0 Å². The van der Waals surface area contributed by atoms with Crippen LogP contribution in [0.3, 0.4) is 0 Å². The van der Waals surface area contributed by atoms with Crippen LogP contribution in [0, 0.1) is 11.3 Å². The molecule has 2 fully saturated rings. The molecule has 2 aliphatic rings. The fourth-order valence-electron chi connectivity index (χ4n) is 2.61. The molecule has 2 rings (SSSR count).